The maximum absolute atomic E-state index is 14.4. The van der Waals surface area contributed by atoms with E-state index < -0.39 is 5.82 Å². The Labute approximate surface area is 147 Å². The first-order valence-corrected chi connectivity index (χ1v) is 8.53. The zero-order chi connectivity index (χ0) is 18.4. The van der Waals surface area contributed by atoms with Crippen molar-refractivity contribution in [3.05, 3.63) is 29.4 Å². The number of amides is 1. The molecule has 2 aromatic rings. The highest BCUT2D eigenvalue weighted by molar-refractivity contribution is 5.92. The predicted octanol–water partition coefficient (Wildman–Crippen LogP) is 5.00. The molecule has 25 heavy (non-hydrogen) atoms. The second-order valence-corrected chi connectivity index (χ2v) is 8.31. The Kier molecular flexibility index (Phi) is 4.06. The smallest absolute Gasteiger partial charge is 0.227 e. The van der Waals surface area contributed by atoms with Crippen molar-refractivity contribution < 1.29 is 9.18 Å². The number of nitrogens with zero attached hydrogens (tertiary/aromatic N) is 3. The molecule has 0 unspecified atom stereocenters. The number of carbonyl (C=O) groups excluding carboxylic acids is 1. The third-order valence-corrected chi connectivity index (χ3v) is 4.74. The first-order valence-electron chi connectivity index (χ1n) is 8.53. The van der Waals surface area contributed by atoms with Crippen molar-refractivity contribution in [1.82, 2.24) is 9.55 Å². The third-order valence-electron chi connectivity index (χ3n) is 4.74. The second-order valence-electron chi connectivity index (χ2n) is 8.31. The van der Waals surface area contributed by atoms with Crippen LogP contribution in [0, 0.1) is 17.8 Å². The minimum atomic E-state index is -0.531. The van der Waals surface area contributed by atoms with Crippen molar-refractivity contribution >= 4 is 28.6 Å². The third kappa shape index (κ3) is 3.23. The zero-order valence-corrected chi connectivity index (χ0v) is 15.1. The Morgan fingerprint density at radius 3 is 2.64 bits per heavy atom. The molecule has 132 valence electrons. The van der Waals surface area contributed by atoms with Gasteiger partial charge in [0.2, 0.25) is 11.9 Å². The van der Waals surface area contributed by atoms with Crippen LogP contribution in [0.15, 0.2) is 12.1 Å². The fraction of sp³-hybridized carbons (Fsp3) is 0.526. The molecule has 1 amide bonds. The second kappa shape index (κ2) is 5.83. The Hall–Kier alpha value is -2.42. The number of imidazole rings is 1. The van der Waals surface area contributed by atoms with E-state index in [-0.39, 0.29) is 28.1 Å². The lowest BCUT2D eigenvalue weighted by atomic mass is 9.78. The van der Waals surface area contributed by atoms with Crippen LogP contribution in [0.4, 0.5) is 16.0 Å². The van der Waals surface area contributed by atoms with Gasteiger partial charge in [-0.25, -0.2) is 14.2 Å². The van der Waals surface area contributed by atoms with Crippen LogP contribution in [0.5, 0.6) is 0 Å². The molecule has 0 aliphatic heterocycles. The summed E-state index contributed by atoms with van der Waals surface area (Å²) in [6.45, 7) is 15.2. The molecule has 5 nitrogen and oxygen atoms in total. The molecule has 0 saturated heterocycles. The lowest BCUT2D eigenvalue weighted by molar-refractivity contribution is -0.117. The van der Waals surface area contributed by atoms with Gasteiger partial charge in [0.1, 0.15) is 11.3 Å². The lowest BCUT2D eigenvalue weighted by Crippen LogP contribution is -2.38. The van der Waals surface area contributed by atoms with E-state index in [4.69, 9.17) is 6.57 Å². The summed E-state index contributed by atoms with van der Waals surface area (Å²) < 4.78 is 16.3. The molecule has 1 aromatic carbocycles. The minimum absolute atomic E-state index is 0.141. The summed E-state index contributed by atoms with van der Waals surface area (Å²) >= 11 is 0. The number of aromatic nitrogens is 2. The molecule has 0 spiro atoms. The number of rotatable bonds is 3. The number of hydrogen-bond acceptors (Lipinski definition) is 2. The van der Waals surface area contributed by atoms with E-state index in [9.17, 15) is 9.18 Å². The van der Waals surface area contributed by atoms with Crippen LogP contribution >= 0.6 is 0 Å². The molecule has 1 aliphatic carbocycles. The van der Waals surface area contributed by atoms with Gasteiger partial charge in [0.25, 0.3) is 0 Å². The largest absolute Gasteiger partial charge is 0.305 e. The number of halogens is 1. The summed E-state index contributed by atoms with van der Waals surface area (Å²) in [6.07, 6.45) is 3.30. The number of nitrogens with one attached hydrogen (secondary N) is 1. The molecule has 3 rings (SSSR count). The molecule has 1 aliphatic rings. The lowest BCUT2D eigenvalue weighted by Gasteiger charge is -2.41. The summed E-state index contributed by atoms with van der Waals surface area (Å²) in [4.78, 5) is 20.1. The van der Waals surface area contributed by atoms with Crippen LogP contribution in [0.1, 0.15) is 53.4 Å². The summed E-state index contributed by atoms with van der Waals surface area (Å²) in [5.41, 5.74) is 0.642. The average molecular weight is 342 g/mol. The van der Waals surface area contributed by atoms with E-state index in [0.717, 1.165) is 19.3 Å². The van der Waals surface area contributed by atoms with E-state index in [1.165, 1.54) is 6.07 Å². The van der Waals surface area contributed by atoms with E-state index in [1.54, 1.807) is 6.07 Å². The molecule has 1 N–H and O–H groups in total. The highest BCUT2D eigenvalue weighted by Gasteiger charge is 2.37. The molecule has 1 saturated carbocycles. The van der Waals surface area contributed by atoms with Crippen molar-refractivity contribution in [3.8, 4) is 0 Å². The van der Waals surface area contributed by atoms with Crippen LogP contribution in [0.3, 0.4) is 0 Å². The average Bonchev–Trinajstić information content (AvgIpc) is 2.81. The predicted molar refractivity (Wildman–Crippen MR) is 96.2 cm³/mol. The Morgan fingerprint density at radius 1 is 1.44 bits per heavy atom. The van der Waals surface area contributed by atoms with Gasteiger partial charge in [0, 0.05) is 12.0 Å². The Morgan fingerprint density at radius 2 is 2.12 bits per heavy atom. The van der Waals surface area contributed by atoms with Crippen LogP contribution in [0.2, 0.25) is 0 Å². The van der Waals surface area contributed by atoms with Crippen molar-refractivity contribution in [2.75, 3.05) is 5.32 Å². The van der Waals surface area contributed by atoms with Crippen molar-refractivity contribution in [2.24, 2.45) is 5.41 Å². The van der Waals surface area contributed by atoms with Gasteiger partial charge in [0.05, 0.1) is 12.1 Å². The highest BCUT2D eigenvalue weighted by Crippen LogP contribution is 2.44. The molecular formula is C19H23FN4O. The normalized spacial score (nSPS) is 16.3. The first kappa shape index (κ1) is 17.4. The Balaban J connectivity index is 2.11. The topological polar surface area (TPSA) is 51.3 Å². The van der Waals surface area contributed by atoms with Gasteiger partial charge < -0.3 is 4.57 Å². The first-order chi connectivity index (χ1) is 11.6. The van der Waals surface area contributed by atoms with Gasteiger partial charge in [-0.3, -0.25) is 10.1 Å². The number of carbonyl (C=O) groups is 1. The molecule has 0 bridgehead atoms. The molecule has 1 aromatic heterocycles. The van der Waals surface area contributed by atoms with Gasteiger partial charge >= 0.3 is 0 Å². The van der Waals surface area contributed by atoms with E-state index in [2.05, 4.69) is 22.1 Å². The van der Waals surface area contributed by atoms with Crippen molar-refractivity contribution in [3.63, 3.8) is 0 Å². The summed E-state index contributed by atoms with van der Waals surface area (Å²) in [6, 6.07) is 2.85. The molecule has 1 fully saturated rings. The summed E-state index contributed by atoms with van der Waals surface area (Å²) in [7, 11) is 0. The fourth-order valence-electron chi connectivity index (χ4n) is 3.38. The summed E-state index contributed by atoms with van der Waals surface area (Å²) in [5.74, 6) is -0.304. The van der Waals surface area contributed by atoms with Crippen molar-refractivity contribution in [1.29, 1.82) is 0 Å². The van der Waals surface area contributed by atoms with Crippen LogP contribution in [0.25, 0.3) is 15.9 Å². The van der Waals surface area contributed by atoms with Gasteiger partial charge in [-0.1, -0.05) is 20.8 Å². The van der Waals surface area contributed by atoms with Gasteiger partial charge in [0.15, 0.2) is 5.69 Å². The van der Waals surface area contributed by atoms with Gasteiger partial charge in [-0.2, -0.15) is 0 Å². The van der Waals surface area contributed by atoms with E-state index in [1.807, 2.05) is 25.3 Å². The molecule has 0 atom stereocenters. The molecule has 1 heterocycles. The fourth-order valence-corrected chi connectivity index (χ4v) is 3.38. The van der Waals surface area contributed by atoms with Gasteiger partial charge in [-0.05, 0) is 43.7 Å². The molecular weight excluding hydrogens is 319 g/mol. The molecule has 0 radical (unpaired) electrons. The summed E-state index contributed by atoms with van der Waals surface area (Å²) in [5, 5.41) is 2.86. The SMILES string of the molecule is [C-]#[N+]c1cc(F)c2nc(NC(=O)CC(C)(C)C)n(C3(C)CCC3)c2c1. The van der Waals surface area contributed by atoms with Crippen molar-refractivity contribution in [2.45, 2.75) is 58.9 Å². The quantitative estimate of drug-likeness (QED) is 0.798. The molecule has 6 heteroatoms. The van der Waals surface area contributed by atoms with Crippen LogP contribution < -0.4 is 5.32 Å². The standard InChI is InChI=1S/C19H23FN4O/c1-18(2,3)11-15(25)22-17-23-16-13(20)9-12(21-5)10-14(16)24(17)19(4)7-6-8-19/h9-10H,6-8,11H2,1-4H3,(H,22,23,25). The van der Waals surface area contributed by atoms with Crippen LogP contribution in [-0.2, 0) is 10.3 Å². The monoisotopic (exact) mass is 342 g/mol. The number of fused-ring (bicyclic) bond motifs is 1. The van der Waals surface area contributed by atoms with E-state index in [0.29, 0.717) is 17.9 Å². The highest BCUT2D eigenvalue weighted by atomic mass is 19.1. The number of hydrogen-bond donors (Lipinski definition) is 1. The maximum Gasteiger partial charge on any atom is 0.227 e. The zero-order valence-electron chi connectivity index (χ0n) is 15.1. The van der Waals surface area contributed by atoms with E-state index >= 15 is 0 Å². The number of anilines is 1. The Bertz CT molecular complexity index is 881. The van der Waals surface area contributed by atoms with Crippen LogP contribution in [-0.4, -0.2) is 15.5 Å². The maximum atomic E-state index is 14.4. The van der Waals surface area contributed by atoms with Gasteiger partial charge in [-0.15, -0.1) is 0 Å². The minimum Gasteiger partial charge on any atom is -0.305 e. The number of benzene rings is 1.